The van der Waals surface area contributed by atoms with Gasteiger partial charge in [0.1, 0.15) is 0 Å². The number of rotatable bonds is 7. The van der Waals surface area contributed by atoms with Gasteiger partial charge in [0.2, 0.25) is 0 Å². The highest BCUT2D eigenvalue weighted by Crippen LogP contribution is 2.17. The van der Waals surface area contributed by atoms with E-state index in [1.165, 1.54) is 50.2 Å². The van der Waals surface area contributed by atoms with E-state index >= 15 is 0 Å². The molecule has 0 unspecified atom stereocenters. The molecule has 0 amide bonds. The second kappa shape index (κ2) is 8.99. The van der Waals surface area contributed by atoms with Gasteiger partial charge in [-0.3, -0.25) is 4.90 Å². The van der Waals surface area contributed by atoms with Crippen molar-refractivity contribution < 1.29 is 0 Å². The first-order chi connectivity index (χ1) is 10.6. The van der Waals surface area contributed by atoms with Crippen LogP contribution in [0.25, 0.3) is 0 Å². The fourth-order valence-corrected chi connectivity index (χ4v) is 3.07. The fourth-order valence-electron chi connectivity index (χ4n) is 3.07. The van der Waals surface area contributed by atoms with Crippen LogP contribution < -0.4 is 4.90 Å². The summed E-state index contributed by atoms with van der Waals surface area (Å²) in [5.74, 6) is 0.836. The Morgan fingerprint density at radius 1 is 1.05 bits per heavy atom. The van der Waals surface area contributed by atoms with Gasteiger partial charge < -0.3 is 4.90 Å². The largest absolute Gasteiger partial charge is 0.369 e. The minimum atomic E-state index is 0.836. The predicted molar refractivity (Wildman–Crippen MR) is 97.5 cm³/mol. The summed E-state index contributed by atoms with van der Waals surface area (Å²) in [5.41, 5.74) is 2.82. The molecule has 0 saturated carbocycles. The molecule has 1 aliphatic rings. The van der Waals surface area contributed by atoms with Crippen molar-refractivity contribution in [2.75, 3.05) is 37.6 Å². The summed E-state index contributed by atoms with van der Waals surface area (Å²) in [7, 11) is 0. The molecule has 1 fully saturated rings. The molecule has 0 spiro atoms. The summed E-state index contributed by atoms with van der Waals surface area (Å²) in [6.07, 6.45) is 6.28. The van der Waals surface area contributed by atoms with E-state index in [0.717, 1.165) is 19.0 Å². The highest BCUT2D eigenvalue weighted by atomic mass is 15.3. The van der Waals surface area contributed by atoms with Crippen molar-refractivity contribution in [3.05, 3.63) is 42.0 Å². The molecule has 2 nitrogen and oxygen atoms in total. The van der Waals surface area contributed by atoms with Gasteiger partial charge in [-0.25, -0.2) is 0 Å². The van der Waals surface area contributed by atoms with E-state index in [1.807, 2.05) is 0 Å². The van der Waals surface area contributed by atoms with Crippen LogP contribution in [-0.4, -0.2) is 37.6 Å². The zero-order chi connectivity index (χ0) is 15.8. The van der Waals surface area contributed by atoms with Crippen molar-refractivity contribution in [3.63, 3.8) is 0 Å². The molecule has 0 aromatic heterocycles. The lowest BCUT2D eigenvalue weighted by Gasteiger charge is -2.36. The standard InChI is InChI=1S/C20H32N2/c1-18(2)8-7-9-19(3)12-13-21-14-16-22(17-15-21)20-10-5-4-6-11-20/h4-6,8,10-11,19H,7,9,12-17H2,1-3H3/t19-/m0/s1. The van der Waals surface area contributed by atoms with E-state index in [0.29, 0.717) is 0 Å². The van der Waals surface area contributed by atoms with Crippen molar-refractivity contribution in [1.29, 1.82) is 0 Å². The van der Waals surface area contributed by atoms with Gasteiger partial charge in [-0.1, -0.05) is 36.8 Å². The third kappa shape index (κ3) is 5.84. The van der Waals surface area contributed by atoms with E-state index in [4.69, 9.17) is 0 Å². The third-order valence-corrected chi connectivity index (χ3v) is 4.64. The first-order valence-electron chi connectivity index (χ1n) is 8.81. The van der Waals surface area contributed by atoms with Crippen LogP contribution in [0.2, 0.25) is 0 Å². The predicted octanol–water partition coefficient (Wildman–Crippen LogP) is 4.58. The first kappa shape index (κ1) is 17.1. The topological polar surface area (TPSA) is 6.48 Å². The van der Waals surface area contributed by atoms with Crippen molar-refractivity contribution in [2.45, 2.75) is 40.0 Å². The smallest absolute Gasteiger partial charge is 0.0367 e. The van der Waals surface area contributed by atoms with Gasteiger partial charge in [-0.05, 0) is 57.7 Å². The number of nitrogens with zero attached hydrogens (tertiary/aromatic N) is 2. The average Bonchev–Trinajstić information content (AvgIpc) is 2.54. The first-order valence-corrected chi connectivity index (χ1v) is 8.81. The lowest BCUT2D eigenvalue weighted by atomic mass is 10.0. The van der Waals surface area contributed by atoms with Gasteiger partial charge in [0.05, 0.1) is 0 Å². The van der Waals surface area contributed by atoms with Crippen LogP contribution >= 0.6 is 0 Å². The van der Waals surface area contributed by atoms with E-state index in [1.54, 1.807) is 0 Å². The molecule has 1 aliphatic heterocycles. The lowest BCUT2D eigenvalue weighted by molar-refractivity contribution is 0.239. The van der Waals surface area contributed by atoms with Crippen molar-refractivity contribution in [3.8, 4) is 0 Å². The normalized spacial score (nSPS) is 17.3. The van der Waals surface area contributed by atoms with Crippen LogP contribution in [0, 0.1) is 5.92 Å². The van der Waals surface area contributed by atoms with Crippen LogP contribution in [0.1, 0.15) is 40.0 Å². The fraction of sp³-hybridized carbons (Fsp3) is 0.600. The molecule has 22 heavy (non-hydrogen) atoms. The van der Waals surface area contributed by atoms with E-state index in [2.05, 4.69) is 67.0 Å². The van der Waals surface area contributed by atoms with Gasteiger partial charge in [-0.2, -0.15) is 0 Å². The number of anilines is 1. The molecule has 2 heteroatoms. The molecule has 1 heterocycles. The van der Waals surface area contributed by atoms with Gasteiger partial charge in [0, 0.05) is 31.9 Å². The number of para-hydroxylation sites is 1. The van der Waals surface area contributed by atoms with E-state index < -0.39 is 0 Å². The molecular weight excluding hydrogens is 268 g/mol. The zero-order valence-electron chi connectivity index (χ0n) is 14.6. The minimum Gasteiger partial charge on any atom is -0.369 e. The Labute approximate surface area is 136 Å². The summed E-state index contributed by atoms with van der Waals surface area (Å²) in [4.78, 5) is 5.14. The minimum absolute atomic E-state index is 0.836. The molecular formula is C20H32N2. The molecule has 1 aromatic rings. The third-order valence-electron chi connectivity index (χ3n) is 4.64. The van der Waals surface area contributed by atoms with E-state index in [-0.39, 0.29) is 0 Å². The molecule has 0 bridgehead atoms. The monoisotopic (exact) mass is 300 g/mol. The maximum Gasteiger partial charge on any atom is 0.0367 e. The van der Waals surface area contributed by atoms with E-state index in [9.17, 15) is 0 Å². The number of hydrogen-bond acceptors (Lipinski definition) is 2. The highest BCUT2D eigenvalue weighted by molar-refractivity contribution is 5.46. The second-order valence-corrected chi connectivity index (χ2v) is 6.92. The van der Waals surface area contributed by atoms with Gasteiger partial charge >= 0.3 is 0 Å². The Morgan fingerprint density at radius 3 is 2.36 bits per heavy atom. The Balaban J connectivity index is 1.64. The van der Waals surface area contributed by atoms with Crippen LogP contribution in [0.15, 0.2) is 42.0 Å². The molecule has 1 saturated heterocycles. The summed E-state index contributed by atoms with van der Waals surface area (Å²) in [6.45, 7) is 12.8. The SMILES string of the molecule is CC(C)=CCC[C@H](C)CCN1CCN(c2ccccc2)CC1. The Bertz CT molecular complexity index is 440. The average molecular weight is 300 g/mol. The molecule has 2 rings (SSSR count). The molecule has 1 aromatic carbocycles. The van der Waals surface area contributed by atoms with Crippen molar-refractivity contribution in [2.24, 2.45) is 5.92 Å². The van der Waals surface area contributed by atoms with Crippen LogP contribution in [0.3, 0.4) is 0 Å². The number of benzene rings is 1. The van der Waals surface area contributed by atoms with Gasteiger partial charge in [0.15, 0.2) is 0 Å². The van der Waals surface area contributed by atoms with Crippen LogP contribution in [-0.2, 0) is 0 Å². The van der Waals surface area contributed by atoms with Crippen molar-refractivity contribution >= 4 is 5.69 Å². The summed E-state index contributed by atoms with van der Waals surface area (Å²) >= 11 is 0. The maximum absolute atomic E-state index is 2.64. The summed E-state index contributed by atoms with van der Waals surface area (Å²) in [5, 5.41) is 0. The number of hydrogen-bond donors (Lipinski definition) is 0. The van der Waals surface area contributed by atoms with Crippen molar-refractivity contribution in [1.82, 2.24) is 4.90 Å². The van der Waals surface area contributed by atoms with Gasteiger partial charge in [-0.15, -0.1) is 0 Å². The second-order valence-electron chi connectivity index (χ2n) is 6.92. The quantitative estimate of drug-likeness (QED) is 0.680. The molecule has 0 aliphatic carbocycles. The van der Waals surface area contributed by atoms with Crippen LogP contribution in [0.4, 0.5) is 5.69 Å². The lowest BCUT2D eigenvalue weighted by Crippen LogP contribution is -2.46. The van der Waals surface area contributed by atoms with Gasteiger partial charge in [0.25, 0.3) is 0 Å². The Hall–Kier alpha value is -1.28. The molecule has 1 atom stereocenters. The molecule has 0 N–H and O–H groups in total. The Morgan fingerprint density at radius 2 is 1.73 bits per heavy atom. The number of piperazine rings is 1. The van der Waals surface area contributed by atoms with Crippen LogP contribution in [0.5, 0.6) is 0 Å². The number of allylic oxidation sites excluding steroid dienone is 2. The Kier molecular flexibility index (Phi) is 6.98. The molecule has 122 valence electrons. The summed E-state index contributed by atoms with van der Waals surface area (Å²) < 4.78 is 0. The maximum atomic E-state index is 2.64. The zero-order valence-corrected chi connectivity index (χ0v) is 14.6. The summed E-state index contributed by atoms with van der Waals surface area (Å²) in [6, 6.07) is 10.8. The highest BCUT2D eigenvalue weighted by Gasteiger charge is 2.17. The molecule has 0 radical (unpaired) electrons.